The van der Waals surface area contributed by atoms with Gasteiger partial charge in [0.1, 0.15) is 0 Å². The molecule has 84 valence electrons. The average molecular weight is 227 g/mol. The maximum Gasteiger partial charge on any atom is 0.440 e. The van der Waals surface area contributed by atoms with Gasteiger partial charge in [-0.3, -0.25) is 4.79 Å². The fourth-order valence-electron chi connectivity index (χ4n) is 1.76. The maximum absolute atomic E-state index is 11.9. The summed E-state index contributed by atoms with van der Waals surface area (Å²) in [5.41, 5.74) is -0.520. The Kier molecular flexibility index (Phi) is 2.63. The maximum atomic E-state index is 11.9. The highest BCUT2D eigenvalue weighted by Crippen LogP contribution is 2.24. The number of fused-ring (bicyclic) bond motifs is 1. The first-order valence-electron chi connectivity index (χ1n) is 4.99. The second-order valence-electron chi connectivity index (χ2n) is 3.50. The lowest BCUT2D eigenvalue weighted by Gasteiger charge is -2.15. The van der Waals surface area contributed by atoms with Gasteiger partial charge in [-0.25, -0.2) is 0 Å². The van der Waals surface area contributed by atoms with E-state index in [1.165, 1.54) is 4.57 Å². The lowest BCUT2D eigenvalue weighted by Crippen LogP contribution is -2.14. The molecule has 5 heteroatoms. The van der Waals surface area contributed by atoms with Crippen molar-refractivity contribution in [2.24, 2.45) is 0 Å². The third-order valence-corrected chi connectivity index (χ3v) is 2.51. The van der Waals surface area contributed by atoms with Crippen molar-refractivity contribution in [3.05, 3.63) is 52.1 Å². The van der Waals surface area contributed by atoms with Gasteiger partial charge in [0.15, 0.2) is 4.98 Å². The van der Waals surface area contributed by atoms with E-state index in [1.54, 1.807) is 30.3 Å². The molecule has 2 rings (SSSR count). The van der Waals surface area contributed by atoms with Gasteiger partial charge in [-0.15, -0.1) is 6.58 Å². The Labute approximate surface area is 96.9 Å². The minimum atomic E-state index is -0.615. The van der Waals surface area contributed by atoms with E-state index in [4.69, 9.17) is 5.39 Å². The van der Waals surface area contributed by atoms with Crippen molar-refractivity contribution in [1.82, 2.24) is 4.57 Å². The van der Waals surface area contributed by atoms with Crippen LogP contribution in [0, 0.1) is 5.39 Å². The van der Waals surface area contributed by atoms with Gasteiger partial charge < -0.3 is 9.67 Å². The normalized spacial score (nSPS) is 10.1. The number of pyridine rings is 1. The predicted molar refractivity (Wildman–Crippen MR) is 62.6 cm³/mol. The monoisotopic (exact) mass is 227 g/mol. The van der Waals surface area contributed by atoms with Gasteiger partial charge >= 0.3 is 5.69 Å². The minimum absolute atomic E-state index is 0.252. The summed E-state index contributed by atoms with van der Waals surface area (Å²) in [6, 6.07) is 6.68. The molecule has 0 spiro atoms. The Morgan fingerprint density at radius 2 is 2.18 bits per heavy atom. The molecular weight excluding hydrogens is 218 g/mol. The van der Waals surface area contributed by atoms with Crippen molar-refractivity contribution < 1.29 is 5.11 Å². The van der Waals surface area contributed by atoms with Gasteiger partial charge in [0, 0.05) is 6.54 Å². The number of hydrogen-bond acceptors (Lipinski definition) is 3. The van der Waals surface area contributed by atoms with Crippen LogP contribution in [0.5, 0.6) is 5.88 Å². The van der Waals surface area contributed by atoms with E-state index in [9.17, 15) is 9.90 Å². The van der Waals surface area contributed by atoms with Gasteiger partial charge in [0.25, 0.3) is 5.43 Å². The first-order valence-corrected chi connectivity index (χ1v) is 4.99. The molecule has 0 aliphatic heterocycles. The quantitative estimate of drug-likeness (QED) is 0.579. The van der Waals surface area contributed by atoms with Crippen LogP contribution in [0.4, 0.5) is 5.69 Å². The minimum Gasteiger partial charge on any atom is -0.854 e. The van der Waals surface area contributed by atoms with Crippen LogP contribution in [0.3, 0.4) is 0 Å². The number of para-hydroxylation sites is 1. The van der Waals surface area contributed by atoms with Crippen LogP contribution in [0.1, 0.15) is 0 Å². The van der Waals surface area contributed by atoms with Gasteiger partial charge in [-0.2, -0.15) is 0 Å². The van der Waals surface area contributed by atoms with Crippen molar-refractivity contribution in [3.63, 3.8) is 0 Å². The smallest absolute Gasteiger partial charge is 0.440 e. The summed E-state index contributed by atoms with van der Waals surface area (Å²) in [4.78, 5) is 14.6. The SMILES string of the molecule is C=CCn1c([O-])c([N+]#N)c(=O)c2ccccc21. The van der Waals surface area contributed by atoms with E-state index in [2.05, 4.69) is 11.6 Å². The highest BCUT2D eigenvalue weighted by molar-refractivity contribution is 5.84. The molecule has 5 nitrogen and oxygen atoms in total. The lowest BCUT2D eigenvalue weighted by atomic mass is 10.2. The summed E-state index contributed by atoms with van der Waals surface area (Å²) in [6.45, 7) is 3.80. The molecule has 1 heterocycles. The first-order chi connectivity index (χ1) is 8.20. The summed E-state index contributed by atoms with van der Waals surface area (Å²) in [7, 11) is 0. The van der Waals surface area contributed by atoms with E-state index < -0.39 is 17.0 Å². The molecule has 0 N–H and O–H groups in total. The first kappa shape index (κ1) is 10.9. The van der Waals surface area contributed by atoms with Crippen LogP contribution in [-0.2, 0) is 6.54 Å². The van der Waals surface area contributed by atoms with Crippen LogP contribution >= 0.6 is 0 Å². The number of nitrogens with zero attached hydrogens (tertiary/aromatic N) is 3. The second-order valence-corrected chi connectivity index (χ2v) is 3.50. The van der Waals surface area contributed by atoms with Crippen LogP contribution < -0.4 is 10.5 Å². The molecule has 0 amide bonds. The topological polar surface area (TPSA) is 73.2 Å². The Bertz CT molecular complexity index is 695. The Morgan fingerprint density at radius 1 is 1.47 bits per heavy atom. The summed E-state index contributed by atoms with van der Waals surface area (Å²) in [6.07, 6.45) is 1.54. The third-order valence-electron chi connectivity index (χ3n) is 2.51. The van der Waals surface area contributed by atoms with E-state index in [1.807, 2.05) is 0 Å². The van der Waals surface area contributed by atoms with Gasteiger partial charge in [0.2, 0.25) is 5.39 Å². The summed E-state index contributed by atoms with van der Waals surface area (Å²) in [5.74, 6) is -0.615. The number of aromatic nitrogens is 1. The van der Waals surface area contributed by atoms with Crippen molar-refractivity contribution in [2.75, 3.05) is 0 Å². The fraction of sp³-hybridized carbons (Fsp3) is 0.0833. The zero-order valence-corrected chi connectivity index (χ0v) is 8.96. The molecular formula is C12H9N3O2. The largest absolute Gasteiger partial charge is 0.854 e. The highest BCUT2D eigenvalue weighted by atomic mass is 16.3. The molecule has 0 aliphatic rings. The molecule has 0 bridgehead atoms. The second kappa shape index (κ2) is 4.10. The van der Waals surface area contributed by atoms with E-state index in [0.29, 0.717) is 10.9 Å². The van der Waals surface area contributed by atoms with Crippen LogP contribution in [-0.4, -0.2) is 4.57 Å². The van der Waals surface area contributed by atoms with E-state index in [-0.39, 0.29) is 6.54 Å². The molecule has 0 fully saturated rings. The Balaban J connectivity index is 3.02. The Morgan fingerprint density at radius 3 is 2.82 bits per heavy atom. The van der Waals surface area contributed by atoms with E-state index >= 15 is 0 Å². The van der Waals surface area contributed by atoms with Crippen molar-refractivity contribution >= 4 is 16.6 Å². The zero-order valence-electron chi connectivity index (χ0n) is 8.96. The molecule has 1 aromatic carbocycles. The molecule has 0 saturated carbocycles. The number of allylic oxidation sites excluding steroid dienone is 1. The van der Waals surface area contributed by atoms with Crippen LogP contribution in [0.2, 0.25) is 0 Å². The predicted octanol–water partition coefficient (Wildman–Crippen LogP) is 1.75. The summed E-state index contributed by atoms with van der Waals surface area (Å²) < 4.78 is 1.35. The van der Waals surface area contributed by atoms with Gasteiger partial charge in [-0.05, 0) is 12.1 Å². The molecule has 0 saturated heterocycles. The van der Waals surface area contributed by atoms with Crippen LogP contribution in [0.15, 0.2) is 41.7 Å². The number of diazo groups is 1. The molecule has 0 unspecified atom stereocenters. The third kappa shape index (κ3) is 1.56. The van der Waals surface area contributed by atoms with Gasteiger partial charge in [-0.1, -0.05) is 18.2 Å². The zero-order chi connectivity index (χ0) is 12.4. The van der Waals surface area contributed by atoms with Crippen molar-refractivity contribution in [2.45, 2.75) is 6.54 Å². The molecule has 17 heavy (non-hydrogen) atoms. The summed E-state index contributed by atoms with van der Waals surface area (Å²) in [5, 5.41) is 21.0. The Hall–Kier alpha value is -2.61. The van der Waals surface area contributed by atoms with Crippen molar-refractivity contribution in [1.29, 1.82) is 5.39 Å². The fourth-order valence-corrected chi connectivity index (χ4v) is 1.76. The molecule has 2 aromatic rings. The van der Waals surface area contributed by atoms with Crippen LogP contribution in [0.25, 0.3) is 15.9 Å². The number of benzene rings is 1. The number of hydrogen-bond donors (Lipinski definition) is 0. The summed E-state index contributed by atoms with van der Waals surface area (Å²) >= 11 is 0. The molecule has 0 aliphatic carbocycles. The lowest BCUT2D eigenvalue weighted by molar-refractivity contribution is -0.277. The van der Waals surface area contributed by atoms with Crippen molar-refractivity contribution in [3.8, 4) is 5.88 Å². The highest BCUT2D eigenvalue weighted by Gasteiger charge is 2.19. The van der Waals surface area contributed by atoms with E-state index in [0.717, 1.165) is 0 Å². The standard InChI is InChI=1S/C12H9N3O2/c1-2-7-15-9-6-4-3-5-8(9)11(16)10(14-13)12(15)17/h2-6H,1,7H2. The number of rotatable bonds is 2. The molecule has 0 radical (unpaired) electrons. The molecule has 1 aromatic heterocycles. The van der Waals surface area contributed by atoms with Gasteiger partial charge in [0.05, 0.1) is 16.8 Å². The molecule has 0 atom stereocenters. The average Bonchev–Trinajstić information content (AvgIpc) is 2.35.